The van der Waals surface area contributed by atoms with Gasteiger partial charge in [-0.15, -0.1) is 0 Å². The predicted molar refractivity (Wildman–Crippen MR) is 105 cm³/mol. The molecule has 3 aliphatic rings. The van der Waals surface area contributed by atoms with Crippen molar-refractivity contribution in [2.75, 3.05) is 26.3 Å². The smallest absolute Gasteiger partial charge is 0.274 e. The molecule has 0 spiro atoms. The van der Waals surface area contributed by atoms with E-state index in [1.165, 1.54) is 36.9 Å². The maximum atomic E-state index is 13.2. The lowest BCUT2D eigenvalue weighted by atomic mass is 9.90. The molecule has 1 atom stereocenters. The number of morpholine rings is 1. The average molecular weight is 375 g/mol. The number of rotatable bonds is 5. The fourth-order valence-electron chi connectivity index (χ4n) is 4.84. The van der Waals surface area contributed by atoms with Crippen molar-refractivity contribution in [1.82, 2.24) is 20.0 Å². The number of ether oxygens (including phenoxy) is 1. The lowest BCUT2D eigenvalue weighted by Gasteiger charge is -2.29. The summed E-state index contributed by atoms with van der Waals surface area (Å²) < 4.78 is 7.54. The van der Waals surface area contributed by atoms with E-state index in [2.05, 4.69) is 23.8 Å². The van der Waals surface area contributed by atoms with Crippen LogP contribution in [0, 0.1) is 5.92 Å². The maximum absolute atomic E-state index is 13.2. The second-order valence-electron chi connectivity index (χ2n) is 8.84. The van der Waals surface area contributed by atoms with Crippen LogP contribution in [0.25, 0.3) is 0 Å². The van der Waals surface area contributed by atoms with E-state index in [0.717, 1.165) is 25.8 Å². The molecule has 1 N–H and O–H groups in total. The molecule has 1 unspecified atom stereocenters. The Morgan fingerprint density at radius 2 is 1.93 bits per heavy atom. The second-order valence-corrected chi connectivity index (χ2v) is 8.84. The molecule has 2 aliphatic carbocycles. The molecule has 1 saturated carbocycles. The third-order valence-corrected chi connectivity index (χ3v) is 6.21. The molecule has 150 valence electrons. The Morgan fingerprint density at radius 1 is 1.19 bits per heavy atom. The molecule has 2 heterocycles. The molecule has 0 aromatic carbocycles. The molecular weight excluding hydrogens is 340 g/mol. The summed E-state index contributed by atoms with van der Waals surface area (Å²) in [5.74, 6) is 0.619. The molecule has 6 nitrogen and oxygen atoms in total. The number of amides is 1. The van der Waals surface area contributed by atoms with Crippen molar-refractivity contribution in [3.63, 3.8) is 0 Å². The Morgan fingerprint density at radius 3 is 2.63 bits per heavy atom. The molecule has 27 heavy (non-hydrogen) atoms. The van der Waals surface area contributed by atoms with Crippen molar-refractivity contribution in [2.45, 2.75) is 77.4 Å². The zero-order valence-electron chi connectivity index (χ0n) is 16.9. The van der Waals surface area contributed by atoms with Gasteiger partial charge in [-0.1, -0.05) is 26.7 Å². The van der Waals surface area contributed by atoms with Crippen molar-refractivity contribution < 1.29 is 9.53 Å². The third-order valence-electron chi connectivity index (χ3n) is 6.21. The van der Waals surface area contributed by atoms with Gasteiger partial charge < -0.3 is 15.0 Å². The fraction of sp³-hybridized carbons (Fsp3) is 0.810. The van der Waals surface area contributed by atoms with E-state index in [0.29, 0.717) is 50.0 Å². The van der Waals surface area contributed by atoms with Gasteiger partial charge in [0.15, 0.2) is 5.69 Å². The highest BCUT2D eigenvalue weighted by Crippen LogP contribution is 2.28. The zero-order valence-corrected chi connectivity index (χ0v) is 16.9. The number of hydrogen-bond donors (Lipinski definition) is 1. The van der Waals surface area contributed by atoms with Crippen LogP contribution in [0.5, 0.6) is 0 Å². The molecule has 1 aromatic heterocycles. The van der Waals surface area contributed by atoms with Gasteiger partial charge in [-0.3, -0.25) is 9.48 Å². The molecule has 1 aromatic rings. The summed E-state index contributed by atoms with van der Waals surface area (Å²) in [5, 5.41) is 8.70. The van der Waals surface area contributed by atoms with E-state index < -0.39 is 0 Å². The highest BCUT2D eigenvalue weighted by molar-refractivity contribution is 5.94. The lowest BCUT2D eigenvalue weighted by molar-refractivity contribution is 0.0297. The van der Waals surface area contributed by atoms with Crippen molar-refractivity contribution in [3.8, 4) is 0 Å². The normalized spacial score (nSPS) is 23.8. The van der Waals surface area contributed by atoms with Crippen LogP contribution in [0.1, 0.15) is 67.7 Å². The van der Waals surface area contributed by atoms with Crippen LogP contribution in [-0.2, 0) is 24.1 Å². The van der Waals surface area contributed by atoms with Crippen LogP contribution >= 0.6 is 0 Å². The van der Waals surface area contributed by atoms with Crippen LogP contribution in [0.4, 0.5) is 0 Å². The van der Waals surface area contributed by atoms with Gasteiger partial charge in [0.1, 0.15) is 0 Å². The van der Waals surface area contributed by atoms with Gasteiger partial charge in [0.05, 0.1) is 13.2 Å². The summed E-state index contributed by atoms with van der Waals surface area (Å²) in [6, 6.07) is 1.15. The summed E-state index contributed by atoms with van der Waals surface area (Å²) in [6.45, 7) is 7.93. The van der Waals surface area contributed by atoms with Crippen LogP contribution in [0.15, 0.2) is 0 Å². The average Bonchev–Trinajstić information content (AvgIpc) is 3.30. The first-order chi connectivity index (χ1) is 13.1. The van der Waals surface area contributed by atoms with Crippen LogP contribution in [-0.4, -0.2) is 59.0 Å². The first kappa shape index (κ1) is 18.9. The van der Waals surface area contributed by atoms with Gasteiger partial charge in [-0.25, -0.2) is 0 Å². The SMILES string of the molecule is CC(C)Cn1nc(C(=O)N2CCOCC2)c2c1CCC(NC1CCCC1)C2. The Labute approximate surface area is 162 Å². The van der Waals surface area contributed by atoms with Gasteiger partial charge in [-0.2, -0.15) is 5.10 Å². The first-order valence-corrected chi connectivity index (χ1v) is 10.8. The third kappa shape index (κ3) is 4.21. The van der Waals surface area contributed by atoms with Crippen LogP contribution in [0.3, 0.4) is 0 Å². The Balaban J connectivity index is 1.56. The number of carbonyl (C=O) groups excluding carboxylic acids is 1. The van der Waals surface area contributed by atoms with Gasteiger partial charge >= 0.3 is 0 Å². The second kappa shape index (κ2) is 8.31. The fourth-order valence-corrected chi connectivity index (χ4v) is 4.84. The standard InChI is InChI=1S/C21H34N4O2/c1-15(2)14-25-19-8-7-17(22-16-5-3-4-6-16)13-18(19)20(23-25)21(26)24-9-11-27-12-10-24/h15-17,22H,3-14H2,1-2H3. The van der Waals surface area contributed by atoms with Crippen molar-refractivity contribution in [1.29, 1.82) is 0 Å². The summed E-state index contributed by atoms with van der Waals surface area (Å²) in [4.78, 5) is 15.1. The predicted octanol–water partition coefficient (Wildman–Crippen LogP) is 2.40. The number of fused-ring (bicyclic) bond motifs is 1. The first-order valence-electron chi connectivity index (χ1n) is 10.8. The monoisotopic (exact) mass is 374 g/mol. The summed E-state index contributed by atoms with van der Waals surface area (Å²) in [6.07, 6.45) is 8.42. The molecule has 0 radical (unpaired) electrons. The minimum Gasteiger partial charge on any atom is -0.378 e. The number of nitrogens with zero attached hydrogens (tertiary/aromatic N) is 3. The van der Waals surface area contributed by atoms with E-state index in [-0.39, 0.29) is 5.91 Å². The van der Waals surface area contributed by atoms with Gasteiger partial charge in [0.25, 0.3) is 5.91 Å². The summed E-state index contributed by atoms with van der Waals surface area (Å²) >= 11 is 0. The molecule has 2 fully saturated rings. The highest BCUT2D eigenvalue weighted by Gasteiger charge is 2.32. The lowest BCUT2D eigenvalue weighted by Crippen LogP contribution is -2.42. The maximum Gasteiger partial charge on any atom is 0.274 e. The zero-order chi connectivity index (χ0) is 18.8. The molecule has 6 heteroatoms. The van der Waals surface area contributed by atoms with Gasteiger partial charge in [-0.05, 0) is 38.0 Å². The van der Waals surface area contributed by atoms with Crippen LogP contribution in [0.2, 0.25) is 0 Å². The number of carbonyl (C=O) groups is 1. The van der Waals surface area contributed by atoms with Crippen molar-refractivity contribution in [2.24, 2.45) is 5.92 Å². The highest BCUT2D eigenvalue weighted by atomic mass is 16.5. The molecule has 0 bridgehead atoms. The van der Waals surface area contributed by atoms with Gasteiger partial charge in [0, 0.05) is 43.0 Å². The minimum atomic E-state index is 0.0959. The Bertz CT molecular complexity index is 657. The summed E-state index contributed by atoms with van der Waals surface area (Å²) in [5.41, 5.74) is 3.20. The Kier molecular flexibility index (Phi) is 5.83. The number of aromatic nitrogens is 2. The Hall–Kier alpha value is -1.40. The quantitative estimate of drug-likeness (QED) is 0.860. The molecule has 4 rings (SSSR count). The number of hydrogen-bond acceptors (Lipinski definition) is 4. The topological polar surface area (TPSA) is 59.4 Å². The molecular formula is C21H34N4O2. The van der Waals surface area contributed by atoms with E-state index in [9.17, 15) is 4.79 Å². The largest absolute Gasteiger partial charge is 0.378 e. The van der Waals surface area contributed by atoms with Crippen molar-refractivity contribution in [3.05, 3.63) is 17.0 Å². The minimum absolute atomic E-state index is 0.0959. The van der Waals surface area contributed by atoms with E-state index in [1.807, 2.05) is 4.90 Å². The van der Waals surface area contributed by atoms with Crippen LogP contribution < -0.4 is 5.32 Å². The van der Waals surface area contributed by atoms with Crippen molar-refractivity contribution >= 4 is 5.91 Å². The van der Waals surface area contributed by atoms with E-state index in [4.69, 9.17) is 9.84 Å². The van der Waals surface area contributed by atoms with E-state index in [1.54, 1.807) is 0 Å². The molecule has 1 amide bonds. The van der Waals surface area contributed by atoms with Gasteiger partial charge in [0.2, 0.25) is 0 Å². The molecule has 1 aliphatic heterocycles. The summed E-state index contributed by atoms with van der Waals surface area (Å²) in [7, 11) is 0. The molecule has 1 saturated heterocycles. The van der Waals surface area contributed by atoms with E-state index >= 15 is 0 Å². The number of nitrogens with one attached hydrogen (secondary N) is 1.